The maximum atomic E-state index is 12.5. The Morgan fingerprint density at radius 1 is 1.07 bits per heavy atom. The SMILES string of the molecule is C=CCN(C(=O)COC(=O)c1ccc(CNC(=O)NC(C)C)cc1)c1ccccc1. The first-order valence-corrected chi connectivity index (χ1v) is 9.67. The van der Waals surface area contributed by atoms with Crippen LogP contribution in [0.5, 0.6) is 0 Å². The highest BCUT2D eigenvalue weighted by molar-refractivity contribution is 5.97. The predicted molar refractivity (Wildman–Crippen MR) is 116 cm³/mol. The van der Waals surface area contributed by atoms with Gasteiger partial charge in [0.1, 0.15) is 0 Å². The fraction of sp³-hybridized carbons (Fsp3) is 0.261. The van der Waals surface area contributed by atoms with Crippen LogP contribution in [0.4, 0.5) is 10.5 Å². The minimum absolute atomic E-state index is 0.0501. The molecule has 0 radical (unpaired) electrons. The summed E-state index contributed by atoms with van der Waals surface area (Å²) in [5, 5.41) is 5.47. The van der Waals surface area contributed by atoms with Crippen LogP contribution in [-0.2, 0) is 16.1 Å². The Hall–Kier alpha value is -3.61. The van der Waals surface area contributed by atoms with Gasteiger partial charge in [0.15, 0.2) is 6.61 Å². The van der Waals surface area contributed by atoms with Crippen LogP contribution in [0.15, 0.2) is 67.3 Å². The molecule has 2 aromatic carbocycles. The second-order valence-corrected chi connectivity index (χ2v) is 6.88. The second kappa shape index (κ2) is 11.4. The molecular formula is C23H27N3O4. The molecule has 0 saturated heterocycles. The van der Waals surface area contributed by atoms with Gasteiger partial charge < -0.3 is 20.3 Å². The molecule has 0 bridgehead atoms. The Balaban J connectivity index is 1.88. The molecule has 0 atom stereocenters. The lowest BCUT2D eigenvalue weighted by Crippen LogP contribution is -2.39. The zero-order chi connectivity index (χ0) is 21.9. The largest absolute Gasteiger partial charge is 0.452 e. The van der Waals surface area contributed by atoms with Crippen LogP contribution in [0.2, 0.25) is 0 Å². The number of ether oxygens (including phenoxy) is 1. The number of benzene rings is 2. The molecule has 7 heteroatoms. The predicted octanol–water partition coefficient (Wildman–Crippen LogP) is 3.27. The lowest BCUT2D eigenvalue weighted by Gasteiger charge is -2.21. The van der Waals surface area contributed by atoms with E-state index in [2.05, 4.69) is 17.2 Å². The van der Waals surface area contributed by atoms with Gasteiger partial charge in [-0.25, -0.2) is 9.59 Å². The molecule has 2 N–H and O–H groups in total. The van der Waals surface area contributed by atoms with Gasteiger partial charge in [-0.1, -0.05) is 36.4 Å². The van der Waals surface area contributed by atoms with Gasteiger partial charge in [-0.3, -0.25) is 4.79 Å². The van der Waals surface area contributed by atoms with E-state index in [9.17, 15) is 14.4 Å². The molecule has 158 valence electrons. The summed E-state index contributed by atoms with van der Waals surface area (Å²) in [7, 11) is 0. The standard InChI is InChI=1S/C23H27N3O4/c1-4-14-26(20-8-6-5-7-9-20)21(27)16-30-22(28)19-12-10-18(11-13-19)15-24-23(29)25-17(2)3/h4-13,17H,1,14-16H2,2-3H3,(H2,24,25,29). The van der Waals surface area contributed by atoms with E-state index in [0.29, 0.717) is 24.3 Å². The van der Waals surface area contributed by atoms with E-state index >= 15 is 0 Å². The Morgan fingerprint density at radius 2 is 1.73 bits per heavy atom. The van der Waals surface area contributed by atoms with Crippen molar-refractivity contribution >= 4 is 23.6 Å². The van der Waals surface area contributed by atoms with Crippen molar-refractivity contribution in [2.75, 3.05) is 18.1 Å². The van der Waals surface area contributed by atoms with Gasteiger partial charge in [0.05, 0.1) is 5.56 Å². The van der Waals surface area contributed by atoms with Gasteiger partial charge in [0, 0.05) is 24.8 Å². The first kappa shape index (κ1) is 22.7. The van der Waals surface area contributed by atoms with Crippen LogP contribution in [0, 0.1) is 0 Å². The second-order valence-electron chi connectivity index (χ2n) is 6.88. The first-order chi connectivity index (χ1) is 14.4. The normalized spacial score (nSPS) is 10.2. The zero-order valence-corrected chi connectivity index (χ0v) is 17.3. The first-order valence-electron chi connectivity index (χ1n) is 9.67. The average Bonchev–Trinajstić information content (AvgIpc) is 2.74. The van der Waals surface area contributed by atoms with Gasteiger partial charge in [-0.2, -0.15) is 0 Å². The number of hydrogen-bond acceptors (Lipinski definition) is 4. The number of amides is 3. The Bertz CT molecular complexity index is 864. The summed E-state index contributed by atoms with van der Waals surface area (Å²) < 4.78 is 5.18. The van der Waals surface area contributed by atoms with E-state index in [0.717, 1.165) is 5.56 Å². The van der Waals surface area contributed by atoms with Crippen molar-refractivity contribution in [1.29, 1.82) is 0 Å². The molecule has 0 aromatic heterocycles. The van der Waals surface area contributed by atoms with Gasteiger partial charge in [0.25, 0.3) is 5.91 Å². The number of para-hydroxylation sites is 1. The number of nitrogens with one attached hydrogen (secondary N) is 2. The number of esters is 1. The van der Waals surface area contributed by atoms with Crippen molar-refractivity contribution in [2.24, 2.45) is 0 Å². The topological polar surface area (TPSA) is 87.7 Å². The summed E-state index contributed by atoms with van der Waals surface area (Å²) >= 11 is 0. The van der Waals surface area contributed by atoms with Crippen LogP contribution in [0.1, 0.15) is 29.8 Å². The quantitative estimate of drug-likeness (QED) is 0.492. The van der Waals surface area contributed by atoms with Gasteiger partial charge in [-0.05, 0) is 43.7 Å². The molecule has 0 unspecified atom stereocenters. The Kier molecular flexibility index (Phi) is 8.62. The molecule has 30 heavy (non-hydrogen) atoms. The molecule has 7 nitrogen and oxygen atoms in total. The summed E-state index contributed by atoms with van der Waals surface area (Å²) in [6.45, 7) is 7.69. The summed E-state index contributed by atoms with van der Waals surface area (Å²) in [5.74, 6) is -0.932. The summed E-state index contributed by atoms with van der Waals surface area (Å²) in [4.78, 5) is 37.9. The van der Waals surface area contributed by atoms with Gasteiger partial charge in [-0.15, -0.1) is 6.58 Å². The maximum Gasteiger partial charge on any atom is 0.338 e. The lowest BCUT2D eigenvalue weighted by atomic mass is 10.1. The highest BCUT2D eigenvalue weighted by atomic mass is 16.5. The number of hydrogen-bond donors (Lipinski definition) is 2. The lowest BCUT2D eigenvalue weighted by molar-refractivity contribution is -0.121. The van der Waals surface area contributed by atoms with Crippen LogP contribution in [-0.4, -0.2) is 37.1 Å². The maximum absolute atomic E-state index is 12.5. The molecule has 0 aliphatic heterocycles. The smallest absolute Gasteiger partial charge is 0.338 e. The fourth-order valence-electron chi connectivity index (χ4n) is 2.63. The van der Waals surface area contributed by atoms with Gasteiger partial charge >= 0.3 is 12.0 Å². The molecule has 0 aliphatic rings. The monoisotopic (exact) mass is 409 g/mol. The van der Waals surface area contributed by atoms with Crippen molar-refractivity contribution in [1.82, 2.24) is 10.6 Å². The minimum Gasteiger partial charge on any atom is -0.452 e. The molecule has 2 rings (SSSR count). The van der Waals surface area contributed by atoms with Crippen molar-refractivity contribution < 1.29 is 19.1 Å². The van der Waals surface area contributed by atoms with E-state index < -0.39 is 5.97 Å². The van der Waals surface area contributed by atoms with Crippen LogP contribution >= 0.6 is 0 Å². The molecular weight excluding hydrogens is 382 g/mol. The molecule has 0 saturated carbocycles. The molecule has 2 aromatic rings. The van der Waals surface area contributed by atoms with E-state index in [-0.39, 0.29) is 24.6 Å². The van der Waals surface area contributed by atoms with E-state index in [1.165, 1.54) is 4.90 Å². The Labute approximate surface area is 176 Å². The van der Waals surface area contributed by atoms with Crippen molar-refractivity contribution in [3.05, 3.63) is 78.4 Å². The molecule has 0 spiro atoms. The average molecular weight is 409 g/mol. The van der Waals surface area contributed by atoms with Crippen molar-refractivity contribution in [3.63, 3.8) is 0 Å². The number of rotatable bonds is 9. The number of nitrogens with zero attached hydrogens (tertiary/aromatic N) is 1. The third kappa shape index (κ3) is 7.09. The molecule has 0 aliphatic carbocycles. The van der Waals surface area contributed by atoms with E-state index in [1.54, 1.807) is 42.5 Å². The zero-order valence-electron chi connectivity index (χ0n) is 17.3. The van der Waals surface area contributed by atoms with Crippen LogP contribution in [0.25, 0.3) is 0 Å². The fourth-order valence-corrected chi connectivity index (χ4v) is 2.63. The highest BCUT2D eigenvalue weighted by Crippen LogP contribution is 2.14. The third-order valence-corrected chi connectivity index (χ3v) is 4.07. The molecule has 0 fully saturated rings. The highest BCUT2D eigenvalue weighted by Gasteiger charge is 2.17. The minimum atomic E-state index is -0.591. The summed E-state index contributed by atoms with van der Waals surface area (Å²) in [6.07, 6.45) is 1.61. The summed E-state index contributed by atoms with van der Waals surface area (Å²) in [5.41, 5.74) is 1.87. The van der Waals surface area contributed by atoms with Crippen molar-refractivity contribution in [3.8, 4) is 0 Å². The molecule has 0 heterocycles. The number of urea groups is 1. The van der Waals surface area contributed by atoms with E-state index in [4.69, 9.17) is 4.74 Å². The Morgan fingerprint density at radius 3 is 2.33 bits per heavy atom. The van der Waals surface area contributed by atoms with Crippen LogP contribution in [0.3, 0.4) is 0 Å². The molecule has 3 amide bonds. The number of carbonyl (C=O) groups excluding carboxylic acids is 3. The van der Waals surface area contributed by atoms with Crippen molar-refractivity contribution in [2.45, 2.75) is 26.4 Å². The van der Waals surface area contributed by atoms with Gasteiger partial charge in [0.2, 0.25) is 0 Å². The van der Waals surface area contributed by atoms with E-state index in [1.807, 2.05) is 32.0 Å². The number of carbonyl (C=O) groups is 3. The van der Waals surface area contributed by atoms with Crippen LogP contribution < -0.4 is 15.5 Å². The third-order valence-electron chi connectivity index (χ3n) is 4.07. The number of anilines is 1. The summed E-state index contributed by atoms with van der Waals surface area (Å²) in [6, 6.07) is 15.6.